The molecule has 0 spiro atoms. The number of ether oxygens (including phenoxy) is 4. The first-order valence-electron chi connectivity index (χ1n) is 9.39. The molecular weight excluding hydrogens is 470 g/mol. The quantitative estimate of drug-likeness (QED) is 0.316. The number of rotatable bonds is 9. The Balaban J connectivity index is 1.42. The molecule has 0 atom stereocenters. The van der Waals surface area contributed by atoms with Gasteiger partial charge in [-0.05, 0) is 52.2 Å². The first-order valence-corrected chi connectivity index (χ1v) is 10.2. The van der Waals surface area contributed by atoms with Crippen molar-refractivity contribution < 1.29 is 28.5 Å². The second kappa shape index (κ2) is 10.7. The van der Waals surface area contributed by atoms with E-state index in [-0.39, 0.29) is 13.2 Å². The predicted molar refractivity (Wildman–Crippen MR) is 117 cm³/mol. The molecule has 0 radical (unpaired) electrons. The Kier molecular flexibility index (Phi) is 7.71. The summed E-state index contributed by atoms with van der Waals surface area (Å²) in [5.74, 6) is 1.59. The van der Waals surface area contributed by atoms with Crippen LogP contribution in [0.5, 0.6) is 23.0 Å². The molecule has 31 heavy (non-hydrogen) atoms. The standard InChI is InChI=1S/C21H22BrN3O6/c1-28-16-4-3-13(7-17(16)29-2)5-6-23-20(26)10-21(27)25-24-11-14-8-18-19(9-15(14)22)31-12-30-18/h3-4,7-9,11H,5-6,10,12H2,1-2H3,(H,23,26)(H,25,27)/b24-11-. The zero-order valence-electron chi connectivity index (χ0n) is 17.1. The maximum atomic E-state index is 12.0. The lowest BCUT2D eigenvalue weighted by atomic mass is 10.1. The summed E-state index contributed by atoms with van der Waals surface area (Å²) in [6, 6.07) is 9.05. The van der Waals surface area contributed by atoms with E-state index in [1.807, 2.05) is 12.1 Å². The van der Waals surface area contributed by atoms with Crippen molar-refractivity contribution in [3.8, 4) is 23.0 Å². The molecular formula is C21H22BrN3O6. The largest absolute Gasteiger partial charge is 0.493 e. The molecule has 2 N–H and O–H groups in total. The highest BCUT2D eigenvalue weighted by molar-refractivity contribution is 9.10. The topological polar surface area (TPSA) is 107 Å². The molecule has 2 aromatic carbocycles. The number of nitrogens with one attached hydrogen (secondary N) is 2. The number of carbonyl (C=O) groups excluding carboxylic acids is 2. The summed E-state index contributed by atoms with van der Waals surface area (Å²) >= 11 is 3.40. The van der Waals surface area contributed by atoms with Gasteiger partial charge in [0, 0.05) is 16.6 Å². The van der Waals surface area contributed by atoms with Crippen LogP contribution in [0.2, 0.25) is 0 Å². The highest BCUT2D eigenvalue weighted by Crippen LogP contribution is 2.36. The van der Waals surface area contributed by atoms with Crippen LogP contribution < -0.4 is 29.7 Å². The minimum Gasteiger partial charge on any atom is -0.493 e. The van der Waals surface area contributed by atoms with E-state index in [4.69, 9.17) is 18.9 Å². The van der Waals surface area contributed by atoms with Crippen molar-refractivity contribution in [2.75, 3.05) is 27.6 Å². The maximum absolute atomic E-state index is 12.0. The molecule has 9 nitrogen and oxygen atoms in total. The fraction of sp³-hybridized carbons (Fsp3) is 0.286. The number of benzene rings is 2. The third kappa shape index (κ3) is 6.11. The first kappa shape index (κ1) is 22.4. The van der Waals surface area contributed by atoms with Gasteiger partial charge in [-0.15, -0.1) is 0 Å². The van der Waals surface area contributed by atoms with Crippen molar-refractivity contribution in [1.82, 2.24) is 10.7 Å². The van der Waals surface area contributed by atoms with Gasteiger partial charge in [-0.2, -0.15) is 5.10 Å². The molecule has 2 aromatic rings. The third-order valence-corrected chi connectivity index (χ3v) is 5.08. The van der Waals surface area contributed by atoms with Crippen molar-refractivity contribution >= 4 is 34.0 Å². The number of amides is 2. The van der Waals surface area contributed by atoms with Crippen LogP contribution in [0, 0.1) is 0 Å². The van der Waals surface area contributed by atoms with Crippen molar-refractivity contribution in [2.24, 2.45) is 5.10 Å². The number of hydrogen-bond donors (Lipinski definition) is 2. The van der Waals surface area contributed by atoms with Crippen LogP contribution in [-0.4, -0.2) is 45.6 Å². The third-order valence-electron chi connectivity index (χ3n) is 4.39. The van der Waals surface area contributed by atoms with Crippen molar-refractivity contribution in [1.29, 1.82) is 0 Å². The fourth-order valence-corrected chi connectivity index (χ4v) is 3.26. The van der Waals surface area contributed by atoms with E-state index >= 15 is 0 Å². The molecule has 2 amide bonds. The molecule has 164 valence electrons. The van der Waals surface area contributed by atoms with Crippen LogP contribution in [-0.2, 0) is 16.0 Å². The summed E-state index contributed by atoms with van der Waals surface area (Å²) in [4.78, 5) is 23.9. The van der Waals surface area contributed by atoms with Gasteiger partial charge in [0.05, 0.1) is 20.4 Å². The average molecular weight is 492 g/mol. The molecule has 0 saturated carbocycles. The Morgan fingerprint density at radius 2 is 1.84 bits per heavy atom. The Hall–Kier alpha value is -3.27. The van der Waals surface area contributed by atoms with E-state index in [0.29, 0.717) is 41.5 Å². The number of fused-ring (bicyclic) bond motifs is 1. The van der Waals surface area contributed by atoms with Crippen LogP contribution in [0.1, 0.15) is 17.5 Å². The second-order valence-electron chi connectivity index (χ2n) is 6.49. The lowest BCUT2D eigenvalue weighted by molar-refractivity contribution is -0.129. The fourth-order valence-electron chi connectivity index (χ4n) is 2.84. The number of carbonyl (C=O) groups is 2. The summed E-state index contributed by atoms with van der Waals surface area (Å²) < 4.78 is 21.8. The summed E-state index contributed by atoms with van der Waals surface area (Å²) in [7, 11) is 3.14. The average Bonchev–Trinajstić information content (AvgIpc) is 3.20. The van der Waals surface area contributed by atoms with E-state index in [2.05, 4.69) is 31.8 Å². The van der Waals surface area contributed by atoms with Gasteiger partial charge < -0.3 is 24.3 Å². The lowest BCUT2D eigenvalue weighted by Gasteiger charge is -2.10. The summed E-state index contributed by atoms with van der Waals surface area (Å²) in [5, 5.41) is 6.60. The minimum absolute atomic E-state index is 0.167. The van der Waals surface area contributed by atoms with E-state index in [1.165, 1.54) is 6.21 Å². The number of methoxy groups -OCH3 is 2. The van der Waals surface area contributed by atoms with Gasteiger partial charge in [-0.1, -0.05) is 6.07 Å². The molecule has 0 unspecified atom stereocenters. The van der Waals surface area contributed by atoms with E-state index in [9.17, 15) is 9.59 Å². The summed E-state index contributed by atoms with van der Waals surface area (Å²) in [6.45, 7) is 0.551. The number of hydrogen-bond acceptors (Lipinski definition) is 7. The van der Waals surface area contributed by atoms with E-state index in [1.54, 1.807) is 32.4 Å². The van der Waals surface area contributed by atoms with Crippen molar-refractivity contribution in [2.45, 2.75) is 12.8 Å². The number of nitrogens with zero attached hydrogens (tertiary/aromatic N) is 1. The number of halogens is 1. The van der Waals surface area contributed by atoms with E-state index in [0.717, 1.165) is 10.0 Å². The zero-order chi connectivity index (χ0) is 22.2. The second-order valence-corrected chi connectivity index (χ2v) is 7.34. The van der Waals surface area contributed by atoms with Gasteiger partial charge in [0.2, 0.25) is 18.6 Å². The Bertz CT molecular complexity index is 995. The Morgan fingerprint density at radius 1 is 1.10 bits per heavy atom. The summed E-state index contributed by atoms with van der Waals surface area (Å²) in [5.41, 5.74) is 4.01. The molecule has 1 aliphatic rings. The molecule has 10 heteroatoms. The lowest BCUT2D eigenvalue weighted by Crippen LogP contribution is -2.31. The molecule has 0 aromatic heterocycles. The SMILES string of the molecule is COc1ccc(CCNC(=O)CC(=O)N/N=C\c2cc3c(cc2Br)OCO3)cc1OC. The summed E-state index contributed by atoms with van der Waals surface area (Å²) in [6.07, 6.45) is 1.72. The van der Waals surface area contributed by atoms with Gasteiger partial charge in [-0.3, -0.25) is 9.59 Å². The van der Waals surface area contributed by atoms with Crippen LogP contribution in [0.4, 0.5) is 0 Å². The van der Waals surface area contributed by atoms with Crippen LogP contribution in [0.25, 0.3) is 0 Å². The van der Waals surface area contributed by atoms with Gasteiger partial charge >= 0.3 is 0 Å². The smallest absolute Gasteiger partial charge is 0.249 e. The molecule has 1 heterocycles. The minimum atomic E-state index is -0.517. The molecule has 0 bridgehead atoms. The Morgan fingerprint density at radius 3 is 2.58 bits per heavy atom. The zero-order valence-corrected chi connectivity index (χ0v) is 18.7. The number of hydrazone groups is 1. The van der Waals surface area contributed by atoms with E-state index < -0.39 is 11.8 Å². The van der Waals surface area contributed by atoms with Gasteiger partial charge in [-0.25, -0.2) is 5.43 Å². The first-order chi connectivity index (χ1) is 15.0. The van der Waals surface area contributed by atoms with Crippen molar-refractivity contribution in [3.63, 3.8) is 0 Å². The molecule has 3 rings (SSSR count). The normalized spacial score (nSPS) is 12.0. The van der Waals surface area contributed by atoms with Gasteiger partial charge in [0.15, 0.2) is 23.0 Å². The highest BCUT2D eigenvalue weighted by atomic mass is 79.9. The van der Waals surface area contributed by atoms with Gasteiger partial charge in [0.25, 0.3) is 0 Å². The van der Waals surface area contributed by atoms with Crippen LogP contribution >= 0.6 is 15.9 Å². The highest BCUT2D eigenvalue weighted by Gasteiger charge is 2.15. The maximum Gasteiger partial charge on any atom is 0.249 e. The molecule has 1 aliphatic heterocycles. The van der Waals surface area contributed by atoms with Gasteiger partial charge in [0.1, 0.15) is 6.42 Å². The monoisotopic (exact) mass is 491 g/mol. The predicted octanol–water partition coefficient (Wildman–Crippen LogP) is 2.39. The Labute approximate surface area is 187 Å². The molecule has 0 saturated heterocycles. The molecule has 0 aliphatic carbocycles. The van der Waals surface area contributed by atoms with Crippen molar-refractivity contribution in [3.05, 3.63) is 45.9 Å². The van der Waals surface area contributed by atoms with Crippen LogP contribution in [0.15, 0.2) is 39.9 Å². The molecule has 0 fully saturated rings. The van der Waals surface area contributed by atoms with Crippen LogP contribution in [0.3, 0.4) is 0 Å².